The molecule has 0 saturated carbocycles. The lowest BCUT2D eigenvalue weighted by molar-refractivity contribution is -0.883. The molecule has 0 heterocycles. The average molecular weight is 399 g/mol. The quantitative estimate of drug-likeness (QED) is 0.605. The molecule has 3 N–H and O–H groups in total. The SMILES string of the molecule is COCC[NH+](CC(=O)Nc1cc(C)ccc1C)CC(=O)Nc1cccc(C)c1C. The Kier molecular flexibility index (Phi) is 8.36. The second-order valence-corrected chi connectivity index (χ2v) is 7.51. The van der Waals surface area contributed by atoms with E-state index >= 15 is 0 Å². The van der Waals surface area contributed by atoms with E-state index in [1.165, 1.54) is 0 Å². The van der Waals surface area contributed by atoms with Gasteiger partial charge >= 0.3 is 0 Å². The van der Waals surface area contributed by atoms with Gasteiger partial charge in [0.25, 0.3) is 11.8 Å². The summed E-state index contributed by atoms with van der Waals surface area (Å²) in [6.45, 7) is 9.37. The summed E-state index contributed by atoms with van der Waals surface area (Å²) in [6, 6.07) is 11.8. The Bertz CT molecular complexity index is 846. The summed E-state index contributed by atoms with van der Waals surface area (Å²) in [7, 11) is 1.62. The van der Waals surface area contributed by atoms with Crippen LogP contribution in [-0.2, 0) is 14.3 Å². The largest absolute Gasteiger partial charge is 0.379 e. The Morgan fingerprint density at radius 1 is 0.897 bits per heavy atom. The molecule has 6 heteroatoms. The zero-order valence-corrected chi connectivity index (χ0v) is 18.0. The molecule has 0 saturated heterocycles. The van der Waals surface area contributed by atoms with Crippen molar-refractivity contribution in [1.82, 2.24) is 0 Å². The van der Waals surface area contributed by atoms with E-state index in [9.17, 15) is 9.59 Å². The third-order valence-electron chi connectivity index (χ3n) is 5.03. The fourth-order valence-electron chi connectivity index (χ4n) is 3.09. The molecule has 0 radical (unpaired) electrons. The number of hydrogen-bond acceptors (Lipinski definition) is 3. The Balaban J connectivity index is 2.00. The first-order valence-corrected chi connectivity index (χ1v) is 9.85. The molecular weight excluding hydrogens is 366 g/mol. The molecule has 0 aliphatic heterocycles. The number of rotatable bonds is 9. The number of aryl methyl sites for hydroxylation is 3. The van der Waals surface area contributed by atoms with Crippen LogP contribution in [0.15, 0.2) is 36.4 Å². The predicted octanol–water partition coefficient (Wildman–Crippen LogP) is 2.03. The van der Waals surface area contributed by atoms with Crippen molar-refractivity contribution >= 4 is 23.2 Å². The van der Waals surface area contributed by atoms with Crippen LogP contribution in [0.2, 0.25) is 0 Å². The number of methoxy groups -OCH3 is 1. The van der Waals surface area contributed by atoms with Crippen molar-refractivity contribution in [3.8, 4) is 0 Å². The van der Waals surface area contributed by atoms with Crippen LogP contribution in [0.25, 0.3) is 0 Å². The molecule has 0 bridgehead atoms. The van der Waals surface area contributed by atoms with Gasteiger partial charge in [-0.3, -0.25) is 9.59 Å². The third-order valence-corrected chi connectivity index (χ3v) is 5.03. The first kappa shape index (κ1) is 22.6. The van der Waals surface area contributed by atoms with Gasteiger partial charge in [-0.1, -0.05) is 24.3 Å². The minimum Gasteiger partial charge on any atom is -0.379 e. The lowest BCUT2D eigenvalue weighted by Gasteiger charge is -2.19. The van der Waals surface area contributed by atoms with E-state index < -0.39 is 0 Å². The van der Waals surface area contributed by atoms with Gasteiger partial charge in [-0.25, -0.2) is 0 Å². The van der Waals surface area contributed by atoms with E-state index in [0.717, 1.165) is 38.5 Å². The molecule has 2 aromatic rings. The van der Waals surface area contributed by atoms with Crippen molar-refractivity contribution in [2.75, 3.05) is 44.0 Å². The lowest BCUT2D eigenvalue weighted by Crippen LogP contribution is -3.14. The lowest BCUT2D eigenvalue weighted by atomic mass is 10.1. The van der Waals surface area contributed by atoms with Crippen molar-refractivity contribution < 1.29 is 19.2 Å². The summed E-state index contributed by atoms with van der Waals surface area (Å²) in [5.41, 5.74) is 5.88. The van der Waals surface area contributed by atoms with Crippen LogP contribution in [0.5, 0.6) is 0 Å². The minimum atomic E-state index is -0.121. The minimum absolute atomic E-state index is 0.121. The summed E-state index contributed by atoms with van der Waals surface area (Å²) in [4.78, 5) is 26.0. The van der Waals surface area contributed by atoms with Crippen LogP contribution in [0, 0.1) is 27.7 Å². The summed E-state index contributed by atoms with van der Waals surface area (Å²) < 4.78 is 5.16. The van der Waals surface area contributed by atoms with Crippen LogP contribution >= 0.6 is 0 Å². The van der Waals surface area contributed by atoms with Gasteiger partial charge in [0.1, 0.15) is 6.54 Å². The molecule has 6 nitrogen and oxygen atoms in total. The van der Waals surface area contributed by atoms with Crippen LogP contribution in [0.1, 0.15) is 22.3 Å². The number of hydrogen-bond donors (Lipinski definition) is 3. The maximum absolute atomic E-state index is 12.6. The summed E-state index contributed by atoms with van der Waals surface area (Å²) in [6.07, 6.45) is 0. The number of amides is 2. The summed E-state index contributed by atoms with van der Waals surface area (Å²) in [5.74, 6) is -0.242. The van der Waals surface area contributed by atoms with Gasteiger partial charge in [0, 0.05) is 18.5 Å². The molecule has 1 unspecified atom stereocenters. The molecule has 1 atom stereocenters. The fourth-order valence-corrected chi connectivity index (χ4v) is 3.09. The highest BCUT2D eigenvalue weighted by Crippen LogP contribution is 2.17. The second-order valence-electron chi connectivity index (χ2n) is 7.51. The number of carbonyl (C=O) groups excluding carboxylic acids is 2. The van der Waals surface area contributed by atoms with Gasteiger partial charge in [-0.15, -0.1) is 0 Å². The maximum Gasteiger partial charge on any atom is 0.279 e. The Labute approximate surface area is 173 Å². The van der Waals surface area contributed by atoms with Crippen molar-refractivity contribution in [2.24, 2.45) is 0 Å². The van der Waals surface area contributed by atoms with Crippen LogP contribution < -0.4 is 15.5 Å². The van der Waals surface area contributed by atoms with Gasteiger partial charge in [0.15, 0.2) is 13.1 Å². The van der Waals surface area contributed by atoms with E-state index in [1.807, 2.05) is 64.1 Å². The smallest absolute Gasteiger partial charge is 0.279 e. The van der Waals surface area contributed by atoms with Crippen molar-refractivity contribution in [1.29, 1.82) is 0 Å². The Morgan fingerprint density at radius 3 is 2.21 bits per heavy atom. The molecule has 0 spiro atoms. The molecule has 2 amide bonds. The molecule has 156 valence electrons. The predicted molar refractivity (Wildman–Crippen MR) is 117 cm³/mol. The van der Waals surface area contributed by atoms with Crippen molar-refractivity contribution in [3.63, 3.8) is 0 Å². The van der Waals surface area contributed by atoms with E-state index in [1.54, 1.807) is 7.11 Å². The highest BCUT2D eigenvalue weighted by molar-refractivity contribution is 5.94. The normalized spacial score (nSPS) is 11.8. The van der Waals surface area contributed by atoms with E-state index in [4.69, 9.17) is 4.74 Å². The highest BCUT2D eigenvalue weighted by atomic mass is 16.5. The van der Waals surface area contributed by atoms with Crippen molar-refractivity contribution in [3.05, 3.63) is 58.7 Å². The Morgan fingerprint density at radius 2 is 1.55 bits per heavy atom. The molecule has 0 aromatic heterocycles. The first-order chi connectivity index (χ1) is 13.8. The first-order valence-electron chi connectivity index (χ1n) is 9.85. The number of benzene rings is 2. The second kappa shape index (κ2) is 10.7. The molecule has 0 aliphatic rings. The van der Waals surface area contributed by atoms with E-state index in [-0.39, 0.29) is 24.9 Å². The maximum atomic E-state index is 12.6. The monoisotopic (exact) mass is 398 g/mol. The fraction of sp³-hybridized carbons (Fsp3) is 0.391. The third kappa shape index (κ3) is 7.00. The van der Waals surface area contributed by atoms with Gasteiger partial charge in [-0.05, 0) is 62.1 Å². The van der Waals surface area contributed by atoms with Crippen LogP contribution in [-0.4, -0.2) is 45.2 Å². The van der Waals surface area contributed by atoms with Crippen LogP contribution in [0.4, 0.5) is 11.4 Å². The Hall–Kier alpha value is -2.70. The summed E-state index contributed by atoms with van der Waals surface area (Å²) in [5, 5.41) is 5.93. The van der Waals surface area contributed by atoms with Gasteiger partial charge < -0.3 is 20.3 Å². The van der Waals surface area contributed by atoms with E-state index in [2.05, 4.69) is 10.6 Å². The topological polar surface area (TPSA) is 71.9 Å². The average Bonchev–Trinajstić information content (AvgIpc) is 2.66. The molecular formula is C23H32N3O3+. The number of carbonyl (C=O) groups is 2. The number of quaternary nitrogens is 1. The number of nitrogens with one attached hydrogen (secondary N) is 3. The highest BCUT2D eigenvalue weighted by Gasteiger charge is 2.19. The van der Waals surface area contributed by atoms with Gasteiger partial charge in [0.2, 0.25) is 0 Å². The standard InChI is InChI=1S/C23H31N3O3/c1-16-9-10-18(3)21(13-16)25-23(28)15-26(11-12-29-5)14-22(27)24-20-8-6-7-17(2)19(20)4/h6-10,13H,11-12,14-15H2,1-5H3,(H,24,27)(H,25,28)/p+1. The number of ether oxygens (including phenoxy) is 1. The molecule has 29 heavy (non-hydrogen) atoms. The van der Waals surface area contributed by atoms with Crippen molar-refractivity contribution in [2.45, 2.75) is 27.7 Å². The molecule has 0 fully saturated rings. The molecule has 0 aliphatic carbocycles. The van der Waals surface area contributed by atoms with Gasteiger partial charge in [0.05, 0.1) is 6.61 Å². The van der Waals surface area contributed by atoms with E-state index in [0.29, 0.717) is 13.2 Å². The molecule has 2 rings (SSSR count). The van der Waals surface area contributed by atoms with Crippen LogP contribution in [0.3, 0.4) is 0 Å². The zero-order valence-electron chi connectivity index (χ0n) is 18.0. The number of anilines is 2. The van der Waals surface area contributed by atoms with Gasteiger partial charge in [-0.2, -0.15) is 0 Å². The zero-order chi connectivity index (χ0) is 21.4. The summed E-state index contributed by atoms with van der Waals surface area (Å²) >= 11 is 0. The molecule has 2 aromatic carbocycles.